The molecule has 2 rings (SSSR count). The summed E-state index contributed by atoms with van der Waals surface area (Å²) in [5, 5.41) is 0. The highest BCUT2D eigenvalue weighted by Gasteiger charge is 2.33. The fourth-order valence-electron chi connectivity index (χ4n) is 2.89. The Labute approximate surface area is 117 Å². The summed E-state index contributed by atoms with van der Waals surface area (Å²) >= 11 is 0. The normalized spacial score (nSPS) is 29.7. The Bertz CT molecular complexity index is 246. The van der Waals surface area contributed by atoms with Crippen LogP contribution in [-0.4, -0.2) is 62.7 Å². The van der Waals surface area contributed by atoms with Crippen LogP contribution >= 0.6 is 0 Å². The largest absolute Gasteiger partial charge is 0.383 e. The van der Waals surface area contributed by atoms with Crippen LogP contribution in [0.15, 0.2) is 0 Å². The number of nitrogens with zero attached hydrogens (tertiary/aromatic N) is 1. The van der Waals surface area contributed by atoms with Gasteiger partial charge in [-0.25, -0.2) is 0 Å². The first kappa shape index (κ1) is 15.2. The van der Waals surface area contributed by atoms with E-state index in [0.29, 0.717) is 24.4 Å². The minimum absolute atomic E-state index is 0.343. The molecule has 0 atom stereocenters. The van der Waals surface area contributed by atoms with Crippen molar-refractivity contribution in [1.82, 2.24) is 4.90 Å². The van der Waals surface area contributed by atoms with Crippen molar-refractivity contribution in [3.05, 3.63) is 0 Å². The molecule has 0 spiro atoms. The van der Waals surface area contributed by atoms with Crippen molar-refractivity contribution in [2.24, 2.45) is 0 Å². The number of hydrogen-bond donors (Lipinski definition) is 0. The van der Waals surface area contributed by atoms with Crippen LogP contribution in [0.25, 0.3) is 0 Å². The van der Waals surface area contributed by atoms with E-state index < -0.39 is 0 Å². The Morgan fingerprint density at radius 1 is 1.05 bits per heavy atom. The average molecular weight is 271 g/mol. The number of hydrogen-bond acceptors (Lipinski definition) is 4. The molecule has 0 aromatic heterocycles. The van der Waals surface area contributed by atoms with Gasteiger partial charge in [0, 0.05) is 26.7 Å². The lowest BCUT2D eigenvalue weighted by Gasteiger charge is -2.40. The predicted molar refractivity (Wildman–Crippen MR) is 75.5 cm³/mol. The van der Waals surface area contributed by atoms with Crippen LogP contribution in [0.4, 0.5) is 0 Å². The maximum absolute atomic E-state index is 6.15. The number of piperidine rings is 1. The smallest absolute Gasteiger partial charge is 0.0628 e. The van der Waals surface area contributed by atoms with Gasteiger partial charge in [0.15, 0.2) is 0 Å². The monoisotopic (exact) mass is 271 g/mol. The zero-order valence-corrected chi connectivity index (χ0v) is 12.6. The molecule has 1 saturated heterocycles. The minimum atomic E-state index is 0.343. The van der Waals surface area contributed by atoms with Gasteiger partial charge in [-0.2, -0.15) is 0 Å². The van der Waals surface area contributed by atoms with E-state index in [-0.39, 0.29) is 0 Å². The second kappa shape index (κ2) is 7.58. The number of rotatable bonds is 7. The number of methoxy groups -OCH3 is 1. The maximum atomic E-state index is 6.15. The van der Waals surface area contributed by atoms with Crippen molar-refractivity contribution < 1.29 is 14.2 Å². The Kier molecular flexibility index (Phi) is 6.07. The van der Waals surface area contributed by atoms with E-state index in [9.17, 15) is 0 Å². The molecule has 2 fully saturated rings. The molecule has 4 nitrogen and oxygen atoms in total. The lowest BCUT2D eigenvalue weighted by Crippen LogP contribution is -2.44. The van der Waals surface area contributed by atoms with E-state index >= 15 is 0 Å². The first-order valence-electron chi connectivity index (χ1n) is 7.69. The summed E-state index contributed by atoms with van der Waals surface area (Å²) < 4.78 is 17.0. The molecular weight excluding hydrogens is 242 g/mol. The van der Waals surface area contributed by atoms with Crippen LogP contribution in [-0.2, 0) is 14.2 Å². The summed E-state index contributed by atoms with van der Waals surface area (Å²) in [6, 6.07) is 0. The maximum Gasteiger partial charge on any atom is 0.0628 e. The lowest BCUT2D eigenvalue weighted by molar-refractivity contribution is -0.146. The summed E-state index contributed by atoms with van der Waals surface area (Å²) in [5.74, 6) is 0. The molecule has 1 heterocycles. The van der Waals surface area contributed by atoms with Gasteiger partial charge in [-0.1, -0.05) is 0 Å². The van der Waals surface area contributed by atoms with Crippen LogP contribution < -0.4 is 0 Å². The third-order valence-electron chi connectivity index (χ3n) is 4.05. The fraction of sp³-hybridized carbons (Fsp3) is 1.00. The van der Waals surface area contributed by atoms with Gasteiger partial charge in [-0.05, 0) is 39.5 Å². The molecule has 1 aliphatic carbocycles. The van der Waals surface area contributed by atoms with Gasteiger partial charge in [0.05, 0.1) is 31.0 Å². The van der Waals surface area contributed by atoms with Crippen LogP contribution in [0, 0.1) is 0 Å². The van der Waals surface area contributed by atoms with Gasteiger partial charge in [0.25, 0.3) is 0 Å². The van der Waals surface area contributed by atoms with Gasteiger partial charge in [-0.3, -0.25) is 0 Å². The Morgan fingerprint density at radius 3 is 2.32 bits per heavy atom. The number of likely N-dealkylation sites (tertiary alicyclic amines) is 1. The molecule has 1 saturated carbocycles. The second-order valence-electron chi connectivity index (χ2n) is 6.07. The SMILES string of the molecule is COCCN1CCC(OC2CC(OC(C)C)C2)CC1. The van der Waals surface area contributed by atoms with Crippen molar-refractivity contribution in [3.8, 4) is 0 Å². The molecule has 0 N–H and O–H groups in total. The first-order chi connectivity index (χ1) is 9.17. The van der Waals surface area contributed by atoms with Crippen molar-refractivity contribution in [1.29, 1.82) is 0 Å². The third-order valence-corrected chi connectivity index (χ3v) is 4.05. The Balaban J connectivity index is 1.55. The summed E-state index contributed by atoms with van der Waals surface area (Å²) in [4.78, 5) is 2.47. The molecule has 0 aromatic rings. The lowest BCUT2D eigenvalue weighted by atomic mass is 9.91. The Hall–Kier alpha value is -0.160. The van der Waals surface area contributed by atoms with E-state index in [1.165, 1.54) is 0 Å². The fourth-order valence-corrected chi connectivity index (χ4v) is 2.89. The van der Waals surface area contributed by atoms with E-state index in [1.54, 1.807) is 7.11 Å². The van der Waals surface area contributed by atoms with Gasteiger partial charge < -0.3 is 19.1 Å². The van der Waals surface area contributed by atoms with Gasteiger partial charge in [0.2, 0.25) is 0 Å². The molecule has 0 amide bonds. The Morgan fingerprint density at radius 2 is 1.74 bits per heavy atom. The standard InChI is InChI=1S/C15H29NO3/c1-12(2)18-14-10-15(11-14)19-13-4-6-16(7-5-13)8-9-17-3/h12-15H,4-11H2,1-3H3. The van der Waals surface area contributed by atoms with E-state index in [2.05, 4.69) is 18.7 Å². The molecule has 0 unspecified atom stereocenters. The molecule has 4 heteroatoms. The molecular formula is C15H29NO3. The molecule has 2 aliphatic rings. The van der Waals surface area contributed by atoms with Crippen molar-refractivity contribution in [2.45, 2.75) is 63.9 Å². The summed E-state index contributed by atoms with van der Waals surface area (Å²) in [6.07, 6.45) is 6.18. The van der Waals surface area contributed by atoms with E-state index in [0.717, 1.165) is 51.9 Å². The molecule has 19 heavy (non-hydrogen) atoms. The highest BCUT2D eigenvalue weighted by atomic mass is 16.5. The summed E-state index contributed by atoms with van der Waals surface area (Å²) in [5.41, 5.74) is 0. The van der Waals surface area contributed by atoms with E-state index in [4.69, 9.17) is 14.2 Å². The van der Waals surface area contributed by atoms with Crippen LogP contribution in [0.5, 0.6) is 0 Å². The van der Waals surface area contributed by atoms with Crippen molar-refractivity contribution >= 4 is 0 Å². The summed E-state index contributed by atoms with van der Waals surface area (Å²) in [6.45, 7) is 8.38. The minimum Gasteiger partial charge on any atom is -0.383 e. The zero-order chi connectivity index (χ0) is 13.7. The first-order valence-corrected chi connectivity index (χ1v) is 7.69. The summed E-state index contributed by atoms with van der Waals surface area (Å²) in [7, 11) is 1.77. The highest BCUT2D eigenvalue weighted by molar-refractivity contribution is 4.84. The van der Waals surface area contributed by atoms with Crippen molar-refractivity contribution in [2.75, 3.05) is 33.4 Å². The zero-order valence-electron chi connectivity index (χ0n) is 12.6. The second-order valence-corrected chi connectivity index (χ2v) is 6.07. The predicted octanol–water partition coefficient (Wildman–Crippen LogP) is 2.07. The van der Waals surface area contributed by atoms with Crippen molar-refractivity contribution in [3.63, 3.8) is 0 Å². The molecule has 0 aromatic carbocycles. The van der Waals surface area contributed by atoms with Crippen LogP contribution in [0.1, 0.15) is 39.5 Å². The molecule has 112 valence electrons. The molecule has 0 radical (unpaired) electrons. The highest BCUT2D eigenvalue weighted by Crippen LogP contribution is 2.30. The molecule has 0 bridgehead atoms. The quantitative estimate of drug-likeness (QED) is 0.709. The molecule has 1 aliphatic heterocycles. The number of ether oxygens (including phenoxy) is 3. The third kappa shape index (κ3) is 5.03. The topological polar surface area (TPSA) is 30.9 Å². The van der Waals surface area contributed by atoms with Gasteiger partial charge in [0.1, 0.15) is 0 Å². The van der Waals surface area contributed by atoms with E-state index in [1.807, 2.05) is 0 Å². The van der Waals surface area contributed by atoms with Crippen LogP contribution in [0.3, 0.4) is 0 Å². The van der Waals surface area contributed by atoms with Gasteiger partial charge >= 0.3 is 0 Å². The average Bonchev–Trinajstić information content (AvgIpc) is 2.35. The van der Waals surface area contributed by atoms with Crippen LogP contribution in [0.2, 0.25) is 0 Å². The van der Waals surface area contributed by atoms with Gasteiger partial charge in [-0.15, -0.1) is 0 Å².